The van der Waals surface area contributed by atoms with E-state index in [2.05, 4.69) is 64.2 Å². The van der Waals surface area contributed by atoms with Crippen LogP contribution in [0.1, 0.15) is 49.5 Å². The van der Waals surface area contributed by atoms with Gasteiger partial charge in [0, 0.05) is 80.1 Å². The number of benzene rings is 1. The SMILES string of the molecule is CCN1CCC(CN2CCN(C(=O)Cn3cc(NC(=O)c4cnn5cccnc45)c(-c4cc(SC(C)C)ccc4C)n3)CC2)CC1.O=CN1CCOCC1.OCF. The van der Waals surface area contributed by atoms with Crippen LogP contribution in [0.25, 0.3) is 16.9 Å². The standard InChI is InChI=1S/C34H45N9O2S.C5H9NO2.CH3FO/c1-5-39-13-9-26(10-14-39)21-40-15-17-41(18-16-40)31(44)23-42-22-30(37-34(45)29-20-36-43-12-6-11-35-33(29)43)32(38-42)28-19-27(46-24(2)3)8-7-25(28)4;7-5-6-1-3-8-4-2-6;2-1-3/h6-8,11-12,19-20,22,24,26H,5,9-10,13-18,21,23H2,1-4H3,(H,37,45);5H,1-4H2;3H,1H2. The molecule has 310 valence electrons. The fourth-order valence-electron chi connectivity index (χ4n) is 7.12. The van der Waals surface area contributed by atoms with E-state index in [1.807, 2.05) is 11.8 Å². The van der Waals surface area contributed by atoms with Gasteiger partial charge < -0.3 is 29.9 Å². The molecule has 0 radical (unpaired) electrons. The van der Waals surface area contributed by atoms with E-state index >= 15 is 0 Å². The second kappa shape index (κ2) is 21.9. The molecular formula is C40H57FN10O5S. The number of fused-ring (bicyclic) bond motifs is 1. The molecule has 17 heteroatoms. The van der Waals surface area contributed by atoms with Crippen molar-refractivity contribution in [2.45, 2.75) is 57.2 Å². The molecule has 4 aromatic rings. The molecule has 0 aliphatic carbocycles. The predicted molar refractivity (Wildman–Crippen MR) is 219 cm³/mol. The molecule has 0 bridgehead atoms. The Kier molecular flexibility index (Phi) is 16.8. The van der Waals surface area contributed by atoms with Crippen molar-refractivity contribution in [3.8, 4) is 11.3 Å². The maximum atomic E-state index is 13.5. The van der Waals surface area contributed by atoms with Crippen molar-refractivity contribution in [1.82, 2.24) is 44.0 Å². The van der Waals surface area contributed by atoms with Gasteiger partial charge in [0.1, 0.15) is 17.8 Å². The van der Waals surface area contributed by atoms with Gasteiger partial charge in [0.2, 0.25) is 12.3 Å². The molecular weight excluding hydrogens is 752 g/mol. The third kappa shape index (κ3) is 12.5. The lowest BCUT2D eigenvalue weighted by atomic mass is 9.96. The molecule has 3 saturated heterocycles. The average molecular weight is 809 g/mol. The summed E-state index contributed by atoms with van der Waals surface area (Å²) in [6.45, 7) is 18.3. The number of nitrogens with one attached hydrogen (secondary N) is 1. The number of amides is 3. The number of aryl methyl sites for hydroxylation is 1. The number of aliphatic hydroxyl groups is 1. The van der Waals surface area contributed by atoms with Crippen LogP contribution in [-0.4, -0.2) is 158 Å². The van der Waals surface area contributed by atoms with Crippen molar-refractivity contribution < 1.29 is 28.6 Å². The van der Waals surface area contributed by atoms with Crippen LogP contribution in [-0.2, 0) is 20.9 Å². The van der Waals surface area contributed by atoms with E-state index in [-0.39, 0.29) is 18.4 Å². The van der Waals surface area contributed by atoms with E-state index in [1.54, 1.807) is 50.5 Å². The van der Waals surface area contributed by atoms with E-state index in [1.165, 1.54) is 32.1 Å². The third-order valence-electron chi connectivity index (χ3n) is 10.3. The highest BCUT2D eigenvalue weighted by atomic mass is 32.2. The third-order valence-corrected chi connectivity index (χ3v) is 11.3. The second-order valence-corrected chi connectivity index (χ2v) is 16.2. The van der Waals surface area contributed by atoms with Crippen LogP contribution >= 0.6 is 11.8 Å². The molecule has 0 atom stereocenters. The van der Waals surface area contributed by atoms with Gasteiger partial charge in [0.25, 0.3) is 5.91 Å². The van der Waals surface area contributed by atoms with Gasteiger partial charge in [0.15, 0.2) is 12.5 Å². The van der Waals surface area contributed by atoms with Crippen LogP contribution < -0.4 is 5.32 Å². The Morgan fingerprint density at radius 2 is 1.79 bits per heavy atom. The number of aliphatic hydroxyl groups excluding tert-OH is 1. The number of anilines is 1. The number of alkyl halides is 1. The Bertz CT molecular complexity index is 1890. The van der Waals surface area contributed by atoms with Crippen molar-refractivity contribution in [1.29, 1.82) is 0 Å². The fraction of sp³-hybridized carbons (Fsp3) is 0.550. The van der Waals surface area contributed by atoms with Crippen molar-refractivity contribution in [3.63, 3.8) is 0 Å². The summed E-state index contributed by atoms with van der Waals surface area (Å²) in [5, 5.41) is 19.5. The molecule has 3 aliphatic rings. The summed E-state index contributed by atoms with van der Waals surface area (Å²) in [6.07, 6.45) is 10.1. The summed E-state index contributed by atoms with van der Waals surface area (Å²) < 4.78 is 18.1. The molecule has 6 heterocycles. The number of ether oxygens (including phenoxy) is 1. The van der Waals surface area contributed by atoms with E-state index in [9.17, 15) is 18.8 Å². The molecule has 1 aromatic carbocycles. The minimum absolute atomic E-state index is 0.0375. The normalized spacial score (nSPS) is 16.8. The Morgan fingerprint density at radius 1 is 1.07 bits per heavy atom. The first-order chi connectivity index (χ1) is 27.6. The summed E-state index contributed by atoms with van der Waals surface area (Å²) in [4.78, 5) is 51.3. The molecule has 2 N–H and O–H groups in total. The van der Waals surface area contributed by atoms with E-state index in [0.717, 1.165) is 80.7 Å². The molecule has 3 aliphatic heterocycles. The number of likely N-dealkylation sites (tertiary alicyclic amines) is 1. The number of rotatable bonds is 11. The van der Waals surface area contributed by atoms with E-state index in [4.69, 9.17) is 14.9 Å². The molecule has 0 spiro atoms. The summed E-state index contributed by atoms with van der Waals surface area (Å²) >= 11 is 1.78. The largest absolute Gasteiger partial charge is 0.378 e. The number of hydrogen-bond acceptors (Lipinski definition) is 11. The Hall–Kier alpha value is -4.42. The second-order valence-electron chi connectivity index (χ2n) is 14.6. The van der Waals surface area contributed by atoms with Crippen molar-refractivity contribution in [2.24, 2.45) is 5.92 Å². The Balaban J connectivity index is 0.000000492. The van der Waals surface area contributed by atoms with Gasteiger partial charge in [-0.25, -0.2) is 13.9 Å². The monoisotopic (exact) mass is 808 g/mol. The highest BCUT2D eigenvalue weighted by Crippen LogP contribution is 2.34. The summed E-state index contributed by atoms with van der Waals surface area (Å²) in [5.41, 5.74) is 3.97. The number of hydrogen-bond donors (Lipinski definition) is 2. The quantitative estimate of drug-likeness (QED) is 0.168. The van der Waals surface area contributed by atoms with Gasteiger partial charge in [0.05, 0.1) is 25.1 Å². The predicted octanol–water partition coefficient (Wildman–Crippen LogP) is 3.91. The minimum Gasteiger partial charge on any atom is -0.378 e. The maximum Gasteiger partial charge on any atom is 0.261 e. The van der Waals surface area contributed by atoms with Gasteiger partial charge in [-0.2, -0.15) is 10.2 Å². The smallest absolute Gasteiger partial charge is 0.261 e. The van der Waals surface area contributed by atoms with Crippen molar-refractivity contribution in [3.05, 3.63) is 60.2 Å². The van der Waals surface area contributed by atoms with Crippen molar-refractivity contribution in [2.75, 3.05) is 90.8 Å². The van der Waals surface area contributed by atoms with E-state index < -0.39 is 6.86 Å². The zero-order valence-corrected chi connectivity index (χ0v) is 34.4. The number of aromatic nitrogens is 5. The molecule has 0 unspecified atom stereocenters. The first-order valence-corrected chi connectivity index (χ1v) is 20.6. The van der Waals surface area contributed by atoms with Gasteiger partial charge in [-0.3, -0.25) is 24.0 Å². The van der Waals surface area contributed by atoms with Gasteiger partial charge in [-0.1, -0.05) is 26.8 Å². The number of thioether (sulfide) groups is 1. The summed E-state index contributed by atoms with van der Waals surface area (Å²) in [7, 11) is 0. The van der Waals surface area contributed by atoms with Gasteiger partial charge >= 0.3 is 0 Å². The highest BCUT2D eigenvalue weighted by Gasteiger charge is 2.26. The highest BCUT2D eigenvalue weighted by molar-refractivity contribution is 7.99. The Morgan fingerprint density at radius 3 is 2.44 bits per heavy atom. The lowest BCUT2D eigenvalue weighted by molar-refractivity contribution is -0.133. The van der Waals surface area contributed by atoms with Crippen LogP contribution in [0, 0.1) is 12.8 Å². The molecule has 7 rings (SSSR count). The van der Waals surface area contributed by atoms with Crippen LogP contribution in [0.3, 0.4) is 0 Å². The molecule has 3 aromatic heterocycles. The molecule has 15 nitrogen and oxygen atoms in total. The number of morpholine rings is 1. The summed E-state index contributed by atoms with van der Waals surface area (Å²) in [5.74, 6) is 0.455. The number of carbonyl (C=O) groups excluding carboxylic acids is 3. The average Bonchev–Trinajstić information content (AvgIpc) is 3.84. The lowest BCUT2D eigenvalue weighted by Gasteiger charge is -2.38. The van der Waals surface area contributed by atoms with Crippen LogP contribution in [0.15, 0.2) is 53.9 Å². The zero-order valence-electron chi connectivity index (χ0n) is 33.6. The number of nitrogens with zero attached hydrogens (tertiary/aromatic N) is 9. The number of carbonyl (C=O) groups is 3. The number of piperazine rings is 1. The fourth-order valence-corrected chi connectivity index (χ4v) is 8.00. The van der Waals surface area contributed by atoms with Crippen molar-refractivity contribution >= 4 is 41.3 Å². The maximum absolute atomic E-state index is 13.5. The lowest BCUT2D eigenvalue weighted by Crippen LogP contribution is -2.51. The summed E-state index contributed by atoms with van der Waals surface area (Å²) in [6, 6.07) is 8.08. The Labute approximate surface area is 338 Å². The zero-order chi connectivity index (χ0) is 40.7. The number of piperidine rings is 1. The van der Waals surface area contributed by atoms with Crippen LogP contribution in [0.4, 0.5) is 10.1 Å². The minimum atomic E-state index is -1.25. The topological polar surface area (TPSA) is 154 Å². The van der Waals surface area contributed by atoms with Gasteiger partial charge in [-0.05, 0) is 69.1 Å². The van der Waals surface area contributed by atoms with Crippen LogP contribution in [0.5, 0.6) is 0 Å². The first-order valence-electron chi connectivity index (χ1n) is 19.7. The van der Waals surface area contributed by atoms with Crippen LogP contribution in [0.2, 0.25) is 0 Å². The first kappa shape index (κ1) is 43.7. The molecule has 0 saturated carbocycles. The van der Waals surface area contributed by atoms with Gasteiger partial charge in [-0.15, -0.1) is 11.8 Å². The number of halogens is 1. The molecule has 57 heavy (non-hydrogen) atoms. The molecule has 3 fully saturated rings. The molecule has 3 amide bonds. The van der Waals surface area contributed by atoms with E-state index in [0.29, 0.717) is 41.1 Å².